The zero-order valence-electron chi connectivity index (χ0n) is 12.5. The average Bonchev–Trinajstić information content (AvgIpc) is 3.27. The zero-order chi connectivity index (χ0) is 15.8. The highest BCUT2D eigenvalue weighted by atomic mass is 32.1. The summed E-state index contributed by atoms with van der Waals surface area (Å²) >= 11 is 1.44. The Morgan fingerprint density at radius 3 is 3.17 bits per heavy atom. The van der Waals surface area contributed by atoms with Crippen molar-refractivity contribution in [2.75, 3.05) is 13.2 Å². The third-order valence-electron chi connectivity index (χ3n) is 4.43. The van der Waals surface area contributed by atoms with Gasteiger partial charge in [-0.2, -0.15) is 4.68 Å². The van der Waals surface area contributed by atoms with Gasteiger partial charge in [0.15, 0.2) is 0 Å². The first-order valence-electron chi connectivity index (χ1n) is 7.75. The summed E-state index contributed by atoms with van der Waals surface area (Å²) in [6, 6.07) is 3.82. The van der Waals surface area contributed by atoms with Crippen molar-refractivity contribution in [3.8, 4) is 10.8 Å². The molecule has 2 fully saturated rings. The fraction of sp³-hybridized carbons (Fsp3) is 0.533. The van der Waals surface area contributed by atoms with Crippen molar-refractivity contribution in [3.63, 3.8) is 0 Å². The predicted octanol–water partition coefficient (Wildman–Crippen LogP) is 1.34. The number of carbonyl (C=O) groups excluding carboxylic acids is 1. The fourth-order valence-corrected chi connectivity index (χ4v) is 4.00. The average molecular weight is 335 g/mol. The SMILES string of the molecule is O=C(Cn1nc(-c2cccs2)oc1=O)N1CCO[C@@H]2CCC[C@H]21. The van der Waals surface area contributed by atoms with E-state index in [1.165, 1.54) is 11.3 Å². The van der Waals surface area contributed by atoms with E-state index in [1.54, 1.807) is 0 Å². The first kappa shape index (κ1) is 14.6. The maximum atomic E-state index is 12.6. The quantitative estimate of drug-likeness (QED) is 0.846. The molecule has 2 aromatic rings. The van der Waals surface area contributed by atoms with E-state index < -0.39 is 5.76 Å². The van der Waals surface area contributed by atoms with E-state index in [0.29, 0.717) is 13.2 Å². The highest BCUT2D eigenvalue weighted by molar-refractivity contribution is 7.13. The van der Waals surface area contributed by atoms with Crippen molar-refractivity contribution >= 4 is 17.2 Å². The summed E-state index contributed by atoms with van der Waals surface area (Å²) in [5.41, 5.74) is 0. The second kappa shape index (κ2) is 5.93. The zero-order valence-corrected chi connectivity index (χ0v) is 13.3. The van der Waals surface area contributed by atoms with Gasteiger partial charge in [0, 0.05) is 6.54 Å². The lowest BCUT2D eigenvalue weighted by Crippen LogP contribution is -2.52. The van der Waals surface area contributed by atoms with Gasteiger partial charge in [-0.25, -0.2) is 4.79 Å². The van der Waals surface area contributed by atoms with Crippen LogP contribution in [0.3, 0.4) is 0 Å². The Morgan fingerprint density at radius 2 is 2.35 bits per heavy atom. The summed E-state index contributed by atoms with van der Waals surface area (Å²) in [7, 11) is 0. The Balaban J connectivity index is 1.51. The number of thiophene rings is 1. The second-order valence-corrected chi connectivity index (χ2v) is 6.75. The van der Waals surface area contributed by atoms with Gasteiger partial charge < -0.3 is 14.1 Å². The minimum Gasteiger partial charge on any atom is -0.387 e. The van der Waals surface area contributed by atoms with Crippen LogP contribution in [0.1, 0.15) is 19.3 Å². The number of morpholine rings is 1. The molecular weight excluding hydrogens is 318 g/mol. The third-order valence-corrected chi connectivity index (χ3v) is 5.28. The van der Waals surface area contributed by atoms with Gasteiger partial charge in [-0.05, 0) is 30.7 Å². The van der Waals surface area contributed by atoms with Gasteiger partial charge in [-0.15, -0.1) is 16.4 Å². The minimum absolute atomic E-state index is 0.0864. The molecule has 1 aliphatic heterocycles. The number of rotatable bonds is 3. The van der Waals surface area contributed by atoms with Crippen molar-refractivity contribution in [1.82, 2.24) is 14.7 Å². The molecule has 0 spiro atoms. The smallest absolute Gasteiger partial charge is 0.387 e. The highest BCUT2D eigenvalue weighted by Crippen LogP contribution is 2.29. The lowest BCUT2D eigenvalue weighted by atomic mass is 10.1. The highest BCUT2D eigenvalue weighted by Gasteiger charge is 2.38. The number of amides is 1. The molecule has 7 nitrogen and oxygen atoms in total. The summed E-state index contributed by atoms with van der Waals surface area (Å²) in [4.78, 5) is 27.1. The van der Waals surface area contributed by atoms with Gasteiger partial charge >= 0.3 is 5.76 Å². The van der Waals surface area contributed by atoms with Gasteiger partial charge in [-0.3, -0.25) is 4.79 Å². The predicted molar refractivity (Wildman–Crippen MR) is 83.2 cm³/mol. The summed E-state index contributed by atoms with van der Waals surface area (Å²) in [6.07, 6.45) is 3.18. The molecular formula is C15H17N3O4S. The molecule has 0 N–H and O–H groups in total. The number of carbonyl (C=O) groups is 1. The molecule has 8 heteroatoms. The maximum Gasteiger partial charge on any atom is 0.437 e. The summed E-state index contributed by atoms with van der Waals surface area (Å²) in [5.74, 6) is -0.435. The molecule has 2 aromatic heterocycles. The van der Waals surface area contributed by atoms with E-state index in [-0.39, 0.29) is 30.5 Å². The van der Waals surface area contributed by atoms with Crippen molar-refractivity contribution in [3.05, 3.63) is 28.1 Å². The van der Waals surface area contributed by atoms with Crippen LogP contribution in [-0.2, 0) is 16.1 Å². The van der Waals surface area contributed by atoms with E-state index in [0.717, 1.165) is 28.8 Å². The largest absolute Gasteiger partial charge is 0.437 e. The number of fused-ring (bicyclic) bond motifs is 1. The molecule has 0 radical (unpaired) electrons. The molecule has 0 aromatic carbocycles. The molecule has 0 bridgehead atoms. The van der Waals surface area contributed by atoms with Gasteiger partial charge in [0.25, 0.3) is 5.89 Å². The topological polar surface area (TPSA) is 77.6 Å². The van der Waals surface area contributed by atoms with Crippen LogP contribution in [0.15, 0.2) is 26.7 Å². The Kier molecular flexibility index (Phi) is 3.78. The van der Waals surface area contributed by atoms with Gasteiger partial charge in [-0.1, -0.05) is 6.07 Å². The van der Waals surface area contributed by atoms with Crippen molar-refractivity contribution in [2.24, 2.45) is 0 Å². The summed E-state index contributed by atoms with van der Waals surface area (Å²) in [5, 5.41) is 6.02. The van der Waals surface area contributed by atoms with E-state index in [9.17, 15) is 9.59 Å². The van der Waals surface area contributed by atoms with Crippen LogP contribution in [0.4, 0.5) is 0 Å². The first-order valence-corrected chi connectivity index (χ1v) is 8.63. The van der Waals surface area contributed by atoms with E-state index >= 15 is 0 Å². The van der Waals surface area contributed by atoms with Crippen molar-refractivity contribution < 1.29 is 13.9 Å². The van der Waals surface area contributed by atoms with Crippen molar-refractivity contribution in [1.29, 1.82) is 0 Å². The molecule has 1 amide bonds. The Labute approximate surface area is 136 Å². The molecule has 2 aliphatic rings. The van der Waals surface area contributed by atoms with Crippen LogP contribution < -0.4 is 5.76 Å². The molecule has 23 heavy (non-hydrogen) atoms. The van der Waals surface area contributed by atoms with Crippen LogP contribution >= 0.6 is 11.3 Å². The Hall–Kier alpha value is -1.93. The van der Waals surface area contributed by atoms with Crippen LogP contribution in [0, 0.1) is 0 Å². The Morgan fingerprint density at radius 1 is 1.43 bits per heavy atom. The van der Waals surface area contributed by atoms with Crippen LogP contribution in [0.2, 0.25) is 0 Å². The molecule has 1 saturated heterocycles. The van der Waals surface area contributed by atoms with Crippen LogP contribution in [-0.4, -0.2) is 45.9 Å². The van der Waals surface area contributed by atoms with E-state index in [2.05, 4.69) is 5.10 Å². The second-order valence-electron chi connectivity index (χ2n) is 5.80. The van der Waals surface area contributed by atoms with E-state index in [4.69, 9.17) is 9.15 Å². The molecule has 0 unspecified atom stereocenters. The third kappa shape index (κ3) is 2.72. The number of nitrogens with zero attached hydrogens (tertiary/aromatic N) is 3. The number of ether oxygens (including phenoxy) is 1. The molecule has 1 saturated carbocycles. The molecule has 2 atom stereocenters. The fourth-order valence-electron chi connectivity index (χ4n) is 3.36. The number of hydrogen-bond donors (Lipinski definition) is 0. The normalized spacial score (nSPS) is 23.9. The Bertz CT molecular complexity index is 751. The van der Waals surface area contributed by atoms with Crippen LogP contribution in [0.5, 0.6) is 0 Å². The number of hydrogen-bond acceptors (Lipinski definition) is 6. The lowest BCUT2D eigenvalue weighted by molar-refractivity contribution is -0.144. The molecule has 1 aliphatic carbocycles. The lowest BCUT2D eigenvalue weighted by Gasteiger charge is -2.37. The van der Waals surface area contributed by atoms with Gasteiger partial charge in [0.1, 0.15) is 6.54 Å². The first-order chi connectivity index (χ1) is 11.2. The van der Waals surface area contributed by atoms with Gasteiger partial charge in [0.05, 0.1) is 23.6 Å². The molecule has 3 heterocycles. The standard InChI is InChI=1S/C15H17N3O4S/c19-13(17-6-7-21-11-4-1-3-10(11)17)9-18-15(20)22-14(16-18)12-5-2-8-23-12/h2,5,8,10-11H,1,3-4,6-7,9H2/t10-,11-/m1/s1. The van der Waals surface area contributed by atoms with Gasteiger partial charge in [0.2, 0.25) is 5.91 Å². The molecule has 4 rings (SSSR count). The van der Waals surface area contributed by atoms with E-state index in [1.807, 2.05) is 22.4 Å². The van der Waals surface area contributed by atoms with Crippen LogP contribution in [0.25, 0.3) is 10.8 Å². The van der Waals surface area contributed by atoms with Crippen molar-refractivity contribution in [2.45, 2.75) is 38.0 Å². The number of aromatic nitrogens is 2. The summed E-state index contributed by atoms with van der Waals surface area (Å²) < 4.78 is 12.0. The monoisotopic (exact) mass is 335 g/mol. The summed E-state index contributed by atoms with van der Waals surface area (Å²) in [6.45, 7) is 1.04. The maximum absolute atomic E-state index is 12.6. The minimum atomic E-state index is -0.599. The molecule has 122 valence electrons.